The summed E-state index contributed by atoms with van der Waals surface area (Å²) < 4.78 is 7.11. The molecule has 1 aromatic carbocycles. The summed E-state index contributed by atoms with van der Waals surface area (Å²) in [5.74, 6) is 0.864. The molecule has 102 valence electrons. The van der Waals surface area contributed by atoms with Crippen LogP contribution in [0.15, 0.2) is 30.6 Å². The Morgan fingerprint density at radius 3 is 2.89 bits per heavy atom. The number of hydrogen-bond donors (Lipinski definition) is 1. The molecule has 2 rings (SSSR count). The third kappa shape index (κ3) is 3.32. The Morgan fingerprint density at radius 2 is 2.26 bits per heavy atom. The highest BCUT2D eigenvalue weighted by Crippen LogP contribution is 2.20. The van der Waals surface area contributed by atoms with Crippen LogP contribution in [-0.4, -0.2) is 34.5 Å². The lowest BCUT2D eigenvalue weighted by atomic mass is 10.1. The van der Waals surface area contributed by atoms with Gasteiger partial charge in [-0.1, -0.05) is 19.1 Å². The number of methoxy groups -OCH3 is 1. The molecule has 0 aliphatic heterocycles. The molecule has 0 aliphatic rings. The van der Waals surface area contributed by atoms with Crippen LogP contribution >= 0.6 is 0 Å². The van der Waals surface area contributed by atoms with E-state index in [1.807, 2.05) is 23.7 Å². The third-order valence-corrected chi connectivity index (χ3v) is 3.06. The van der Waals surface area contributed by atoms with Crippen LogP contribution in [0.25, 0.3) is 11.4 Å². The second-order valence-corrected chi connectivity index (χ2v) is 4.55. The van der Waals surface area contributed by atoms with Gasteiger partial charge in [0.1, 0.15) is 6.33 Å². The third-order valence-electron chi connectivity index (χ3n) is 3.06. The Labute approximate surface area is 113 Å². The van der Waals surface area contributed by atoms with E-state index in [1.54, 1.807) is 13.4 Å². The molecule has 1 unspecified atom stereocenters. The maximum Gasteiger partial charge on any atom is 0.163 e. The van der Waals surface area contributed by atoms with Crippen molar-refractivity contribution in [2.75, 3.05) is 19.0 Å². The molecule has 19 heavy (non-hydrogen) atoms. The van der Waals surface area contributed by atoms with Gasteiger partial charge in [0.25, 0.3) is 0 Å². The molecule has 2 aromatic rings. The van der Waals surface area contributed by atoms with Gasteiger partial charge in [0, 0.05) is 31.5 Å². The van der Waals surface area contributed by atoms with Crippen molar-refractivity contribution < 1.29 is 4.74 Å². The Bertz CT molecular complexity index is 524. The first kappa shape index (κ1) is 13.5. The van der Waals surface area contributed by atoms with Crippen LogP contribution < -0.4 is 5.32 Å². The number of nitrogens with zero attached hydrogens (tertiary/aromatic N) is 3. The number of aromatic nitrogens is 3. The molecule has 0 aliphatic carbocycles. The first-order valence-corrected chi connectivity index (χ1v) is 6.44. The highest BCUT2D eigenvalue weighted by atomic mass is 16.5. The molecule has 0 bridgehead atoms. The minimum absolute atomic E-state index is 0.319. The summed E-state index contributed by atoms with van der Waals surface area (Å²) in [6.07, 6.45) is 2.72. The van der Waals surface area contributed by atoms with Gasteiger partial charge >= 0.3 is 0 Å². The molecule has 0 fully saturated rings. The molecular weight excluding hydrogens is 240 g/mol. The second kappa shape index (κ2) is 6.33. The maximum absolute atomic E-state index is 5.20. The predicted molar refractivity (Wildman–Crippen MR) is 76.0 cm³/mol. The molecule has 0 amide bonds. The number of benzene rings is 1. The number of rotatable bonds is 6. The first-order chi connectivity index (χ1) is 9.24. The highest BCUT2D eigenvalue weighted by Gasteiger charge is 2.08. The zero-order valence-electron chi connectivity index (χ0n) is 11.6. The monoisotopic (exact) mass is 260 g/mol. The molecule has 1 heterocycles. The van der Waals surface area contributed by atoms with Gasteiger partial charge in [-0.3, -0.25) is 0 Å². The summed E-state index contributed by atoms with van der Waals surface area (Å²) in [6, 6.07) is 8.51. The zero-order valence-corrected chi connectivity index (χ0v) is 11.6. The summed E-state index contributed by atoms with van der Waals surface area (Å²) in [6.45, 7) is 2.84. The summed E-state index contributed by atoms with van der Waals surface area (Å²) in [4.78, 5) is 0. The molecule has 1 atom stereocenters. The van der Waals surface area contributed by atoms with E-state index in [4.69, 9.17) is 4.74 Å². The van der Waals surface area contributed by atoms with Gasteiger partial charge < -0.3 is 14.6 Å². The molecule has 5 heteroatoms. The average Bonchev–Trinajstić information content (AvgIpc) is 2.85. The lowest BCUT2D eigenvalue weighted by Gasteiger charge is -2.17. The molecule has 1 N–H and O–H groups in total. The van der Waals surface area contributed by atoms with Crippen molar-refractivity contribution in [2.24, 2.45) is 7.05 Å². The molecule has 0 spiro atoms. The van der Waals surface area contributed by atoms with Crippen molar-refractivity contribution in [2.45, 2.75) is 19.4 Å². The van der Waals surface area contributed by atoms with Crippen molar-refractivity contribution in [3.8, 4) is 11.4 Å². The molecular formula is C14H20N4O. The van der Waals surface area contributed by atoms with Crippen LogP contribution in [0.2, 0.25) is 0 Å². The van der Waals surface area contributed by atoms with E-state index in [0.717, 1.165) is 23.5 Å². The summed E-state index contributed by atoms with van der Waals surface area (Å²) in [5.41, 5.74) is 2.13. The Morgan fingerprint density at radius 1 is 1.42 bits per heavy atom. The molecule has 5 nitrogen and oxygen atoms in total. The first-order valence-electron chi connectivity index (χ1n) is 6.44. The second-order valence-electron chi connectivity index (χ2n) is 4.55. The van der Waals surface area contributed by atoms with E-state index in [2.05, 4.69) is 34.6 Å². The van der Waals surface area contributed by atoms with Crippen LogP contribution in [0.4, 0.5) is 5.69 Å². The van der Waals surface area contributed by atoms with Gasteiger partial charge in [-0.05, 0) is 18.6 Å². The Kier molecular flexibility index (Phi) is 4.52. The van der Waals surface area contributed by atoms with Gasteiger partial charge in [0.2, 0.25) is 0 Å². The molecule has 1 aromatic heterocycles. The number of hydrogen-bond acceptors (Lipinski definition) is 4. The fourth-order valence-corrected chi connectivity index (χ4v) is 1.99. The van der Waals surface area contributed by atoms with Gasteiger partial charge in [0.05, 0.1) is 6.61 Å². The van der Waals surface area contributed by atoms with Crippen LogP contribution in [-0.2, 0) is 11.8 Å². The minimum atomic E-state index is 0.319. The van der Waals surface area contributed by atoms with E-state index in [0.29, 0.717) is 12.6 Å². The quantitative estimate of drug-likeness (QED) is 0.866. The number of anilines is 1. The Balaban J connectivity index is 2.18. The van der Waals surface area contributed by atoms with Gasteiger partial charge in [-0.25, -0.2) is 0 Å². The lowest BCUT2D eigenvalue weighted by molar-refractivity contribution is 0.184. The smallest absolute Gasteiger partial charge is 0.163 e. The fourth-order valence-electron chi connectivity index (χ4n) is 1.99. The summed E-state index contributed by atoms with van der Waals surface area (Å²) in [7, 11) is 3.66. The van der Waals surface area contributed by atoms with E-state index in [-0.39, 0.29) is 0 Å². The van der Waals surface area contributed by atoms with Crippen LogP contribution in [0.3, 0.4) is 0 Å². The van der Waals surface area contributed by atoms with Gasteiger partial charge in [-0.2, -0.15) is 0 Å². The number of aryl methyl sites for hydroxylation is 1. The van der Waals surface area contributed by atoms with E-state index >= 15 is 0 Å². The molecule has 0 saturated heterocycles. The summed E-state index contributed by atoms with van der Waals surface area (Å²) >= 11 is 0. The van der Waals surface area contributed by atoms with Crippen molar-refractivity contribution in [1.82, 2.24) is 14.8 Å². The van der Waals surface area contributed by atoms with Gasteiger partial charge in [-0.15, -0.1) is 10.2 Å². The van der Waals surface area contributed by atoms with Crippen molar-refractivity contribution in [1.29, 1.82) is 0 Å². The van der Waals surface area contributed by atoms with Crippen molar-refractivity contribution in [3.05, 3.63) is 30.6 Å². The fraction of sp³-hybridized carbons (Fsp3) is 0.429. The van der Waals surface area contributed by atoms with Crippen LogP contribution in [0.1, 0.15) is 13.3 Å². The summed E-state index contributed by atoms with van der Waals surface area (Å²) in [5, 5.41) is 11.5. The number of ether oxygens (including phenoxy) is 1. The highest BCUT2D eigenvalue weighted by molar-refractivity contribution is 5.62. The largest absolute Gasteiger partial charge is 0.383 e. The van der Waals surface area contributed by atoms with Gasteiger partial charge in [0.15, 0.2) is 5.82 Å². The maximum atomic E-state index is 5.20. The van der Waals surface area contributed by atoms with E-state index < -0.39 is 0 Å². The minimum Gasteiger partial charge on any atom is -0.383 e. The van der Waals surface area contributed by atoms with Crippen LogP contribution in [0.5, 0.6) is 0 Å². The van der Waals surface area contributed by atoms with Crippen molar-refractivity contribution in [3.63, 3.8) is 0 Å². The number of nitrogens with one attached hydrogen (secondary N) is 1. The standard InChI is InChI=1S/C14H20N4O/c1-4-12(9-19-3)16-13-7-5-6-11(8-13)14-17-15-10-18(14)2/h5-8,10,12,16H,4,9H2,1-3H3. The van der Waals surface area contributed by atoms with E-state index in [1.165, 1.54) is 0 Å². The topological polar surface area (TPSA) is 52.0 Å². The molecule has 0 saturated carbocycles. The predicted octanol–water partition coefficient (Wildman–Crippen LogP) is 2.32. The SMILES string of the molecule is CCC(COC)Nc1cccc(-c2nncn2C)c1. The molecule has 0 radical (unpaired) electrons. The van der Waals surface area contributed by atoms with E-state index in [9.17, 15) is 0 Å². The van der Waals surface area contributed by atoms with Crippen LogP contribution in [0, 0.1) is 0 Å². The Hall–Kier alpha value is -1.88. The average molecular weight is 260 g/mol. The van der Waals surface area contributed by atoms with Crippen molar-refractivity contribution >= 4 is 5.69 Å². The zero-order chi connectivity index (χ0) is 13.7. The lowest BCUT2D eigenvalue weighted by Crippen LogP contribution is -2.23. The normalized spacial score (nSPS) is 12.4.